The summed E-state index contributed by atoms with van der Waals surface area (Å²) in [7, 11) is 0. The van der Waals surface area contributed by atoms with E-state index in [1.165, 1.54) is 11.3 Å². The first kappa shape index (κ1) is 10.8. The van der Waals surface area contributed by atoms with Crippen molar-refractivity contribution in [1.29, 1.82) is 5.26 Å². The van der Waals surface area contributed by atoms with E-state index in [0.29, 0.717) is 24.2 Å². The Morgan fingerprint density at radius 2 is 2.53 bits per heavy atom. The zero-order valence-corrected chi connectivity index (χ0v) is 9.46. The van der Waals surface area contributed by atoms with Crippen molar-refractivity contribution < 1.29 is 4.74 Å². The summed E-state index contributed by atoms with van der Waals surface area (Å²) in [6.45, 7) is 2.71. The van der Waals surface area contributed by atoms with E-state index in [9.17, 15) is 0 Å². The fourth-order valence-corrected chi connectivity index (χ4v) is 2.32. The Balaban J connectivity index is 1.92. The van der Waals surface area contributed by atoms with Gasteiger partial charge in [-0.25, -0.2) is 0 Å². The van der Waals surface area contributed by atoms with Gasteiger partial charge in [-0.1, -0.05) is 11.3 Å². The standard InChI is InChI=1S/C8H9ClN4OS/c9-8-12-11-7(15-8)5-13-1-2-14-6(3-10)4-13/h6H,1-2,4-5H2. The molecule has 1 aliphatic heterocycles. The summed E-state index contributed by atoms with van der Waals surface area (Å²) in [6, 6.07) is 2.10. The van der Waals surface area contributed by atoms with Gasteiger partial charge in [0, 0.05) is 13.1 Å². The van der Waals surface area contributed by atoms with Crippen LogP contribution in [0.3, 0.4) is 0 Å². The Kier molecular flexibility index (Phi) is 3.49. The summed E-state index contributed by atoms with van der Waals surface area (Å²) in [4.78, 5) is 2.12. The number of hydrogen-bond acceptors (Lipinski definition) is 6. The highest BCUT2D eigenvalue weighted by Crippen LogP contribution is 2.17. The average Bonchev–Trinajstić information content (AvgIpc) is 2.64. The Hall–Kier alpha value is -0.740. The van der Waals surface area contributed by atoms with Crippen molar-refractivity contribution in [3.05, 3.63) is 9.47 Å². The molecule has 0 aliphatic carbocycles. The van der Waals surface area contributed by atoms with E-state index in [1.807, 2.05) is 0 Å². The van der Waals surface area contributed by atoms with E-state index >= 15 is 0 Å². The van der Waals surface area contributed by atoms with E-state index in [0.717, 1.165) is 11.6 Å². The third kappa shape index (κ3) is 2.86. The first-order chi connectivity index (χ1) is 7.28. The highest BCUT2D eigenvalue weighted by Gasteiger charge is 2.20. The number of rotatable bonds is 2. The largest absolute Gasteiger partial charge is 0.361 e. The van der Waals surface area contributed by atoms with Gasteiger partial charge in [0.2, 0.25) is 4.47 Å². The lowest BCUT2D eigenvalue weighted by Gasteiger charge is -2.28. The molecule has 0 aromatic carbocycles. The van der Waals surface area contributed by atoms with Gasteiger partial charge in [0.15, 0.2) is 6.10 Å². The molecule has 80 valence electrons. The van der Waals surface area contributed by atoms with Gasteiger partial charge < -0.3 is 4.74 Å². The van der Waals surface area contributed by atoms with Gasteiger partial charge in [-0.3, -0.25) is 4.90 Å². The third-order valence-electron chi connectivity index (χ3n) is 2.10. The maximum absolute atomic E-state index is 8.73. The summed E-state index contributed by atoms with van der Waals surface area (Å²) in [6.07, 6.45) is -0.331. The first-order valence-electron chi connectivity index (χ1n) is 4.49. The summed E-state index contributed by atoms with van der Waals surface area (Å²) >= 11 is 7.05. The minimum atomic E-state index is -0.331. The van der Waals surface area contributed by atoms with Gasteiger partial charge in [-0.05, 0) is 11.6 Å². The summed E-state index contributed by atoms with van der Waals surface area (Å²) in [5.41, 5.74) is 0. The molecule has 0 spiro atoms. The minimum Gasteiger partial charge on any atom is -0.361 e. The molecule has 0 amide bonds. The molecule has 1 fully saturated rings. The zero-order valence-electron chi connectivity index (χ0n) is 7.89. The molecule has 1 atom stereocenters. The first-order valence-corrected chi connectivity index (χ1v) is 5.69. The smallest absolute Gasteiger partial charge is 0.207 e. The number of nitriles is 1. The molecule has 0 saturated carbocycles. The molecule has 2 heterocycles. The number of nitrogens with zero attached hydrogens (tertiary/aromatic N) is 4. The topological polar surface area (TPSA) is 62.0 Å². The molecule has 1 aromatic rings. The van der Waals surface area contributed by atoms with E-state index in [-0.39, 0.29) is 6.10 Å². The molecule has 2 rings (SSSR count). The second-order valence-corrected chi connectivity index (χ2v) is 4.82. The Labute approximate surface area is 96.2 Å². The maximum Gasteiger partial charge on any atom is 0.207 e. The molecular weight excluding hydrogens is 236 g/mol. The normalized spacial score (nSPS) is 22.5. The van der Waals surface area contributed by atoms with E-state index < -0.39 is 0 Å². The van der Waals surface area contributed by atoms with Crippen molar-refractivity contribution in [1.82, 2.24) is 15.1 Å². The molecular formula is C8H9ClN4OS. The Morgan fingerprint density at radius 3 is 3.20 bits per heavy atom. The van der Waals surface area contributed by atoms with Crippen molar-refractivity contribution in [2.75, 3.05) is 19.7 Å². The number of aromatic nitrogens is 2. The summed E-state index contributed by atoms with van der Waals surface area (Å²) in [5.74, 6) is 0. The van der Waals surface area contributed by atoms with Crippen molar-refractivity contribution in [2.24, 2.45) is 0 Å². The fourth-order valence-electron chi connectivity index (χ4n) is 1.41. The molecule has 1 aliphatic rings. The second kappa shape index (κ2) is 4.86. The number of morpholine rings is 1. The van der Waals surface area contributed by atoms with Crippen molar-refractivity contribution in [3.8, 4) is 6.07 Å². The number of hydrogen-bond donors (Lipinski definition) is 0. The molecule has 1 saturated heterocycles. The average molecular weight is 245 g/mol. The number of halogens is 1. The summed E-state index contributed by atoms with van der Waals surface area (Å²) < 4.78 is 5.69. The van der Waals surface area contributed by atoms with Gasteiger partial charge in [0.1, 0.15) is 5.01 Å². The van der Waals surface area contributed by atoms with Crippen LogP contribution in [0.1, 0.15) is 5.01 Å². The van der Waals surface area contributed by atoms with E-state index in [1.54, 1.807) is 0 Å². The van der Waals surface area contributed by atoms with Gasteiger partial charge in [-0.2, -0.15) is 5.26 Å². The minimum absolute atomic E-state index is 0.331. The van der Waals surface area contributed by atoms with Crippen molar-refractivity contribution in [3.63, 3.8) is 0 Å². The van der Waals surface area contributed by atoms with Crippen LogP contribution in [0, 0.1) is 11.3 Å². The SMILES string of the molecule is N#CC1CN(Cc2nnc(Cl)s2)CCO1. The zero-order chi connectivity index (χ0) is 10.7. The van der Waals surface area contributed by atoms with Crippen molar-refractivity contribution >= 4 is 22.9 Å². The van der Waals surface area contributed by atoms with Gasteiger partial charge in [0.05, 0.1) is 19.2 Å². The lowest BCUT2D eigenvalue weighted by atomic mass is 10.3. The van der Waals surface area contributed by atoms with E-state index in [2.05, 4.69) is 21.2 Å². The van der Waals surface area contributed by atoms with Gasteiger partial charge in [-0.15, -0.1) is 10.2 Å². The molecule has 5 nitrogen and oxygen atoms in total. The molecule has 7 heteroatoms. The highest BCUT2D eigenvalue weighted by molar-refractivity contribution is 7.15. The molecule has 15 heavy (non-hydrogen) atoms. The molecule has 0 bridgehead atoms. The predicted octanol–water partition coefficient (Wildman–Crippen LogP) is 0.916. The van der Waals surface area contributed by atoms with Crippen LogP contribution < -0.4 is 0 Å². The quantitative estimate of drug-likeness (QED) is 0.774. The van der Waals surface area contributed by atoms with Crippen LogP contribution >= 0.6 is 22.9 Å². The summed E-state index contributed by atoms with van der Waals surface area (Å²) in [5, 5.41) is 17.3. The molecule has 0 N–H and O–H groups in total. The highest BCUT2D eigenvalue weighted by atomic mass is 35.5. The lowest BCUT2D eigenvalue weighted by Crippen LogP contribution is -2.41. The van der Waals surface area contributed by atoms with Gasteiger partial charge >= 0.3 is 0 Å². The number of ether oxygens (including phenoxy) is 1. The van der Waals surface area contributed by atoms with Crippen molar-refractivity contribution in [2.45, 2.75) is 12.6 Å². The van der Waals surface area contributed by atoms with Crippen LogP contribution in [-0.4, -0.2) is 40.9 Å². The Bertz CT molecular complexity index is 377. The lowest BCUT2D eigenvalue weighted by molar-refractivity contribution is -0.00277. The monoisotopic (exact) mass is 244 g/mol. The Morgan fingerprint density at radius 1 is 1.67 bits per heavy atom. The predicted molar refractivity (Wildman–Crippen MR) is 55.5 cm³/mol. The maximum atomic E-state index is 8.73. The molecule has 1 unspecified atom stereocenters. The van der Waals surface area contributed by atoms with Crippen LogP contribution in [0.2, 0.25) is 4.47 Å². The molecule has 0 radical (unpaired) electrons. The second-order valence-electron chi connectivity index (χ2n) is 3.17. The van der Waals surface area contributed by atoms with Gasteiger partial charge in [0.25, 0.3) is 0 Å². The van der Waals surface area contributed by atoms with Crippen LogP contribution in [-0.2, 0) is 11.3 Å². The molecule has 1 aromatic heterocycles. The van der Waals surface area contributed by atoms with Crippen LogP contribution in [0.5, 0.6) is 0 Å². The van der Waals surface area contributed by atoms with E-state index in [4.69, 9.17) is 21.6 Å². The fraction of sp³-hybridized carbons (Fsp3) is 0.625. The van der Waals surface area contributed by atoms with Crippen LogP contribution in [0.15, 0.2) is 0 Å². The van der Waals surface area contributed by atoms with Crippen LogP contribution in [0.4, 0.5) is 0 Å². The van der Waals surface area contributed by atoms with Crippen LogP contribution in [0.25, 0.3) is 0 Å². The third-order valence-corrected chi connectivity index (χ3v) is 3.10.